The summed E-state index contributed by atoms with van der Waals surface area (Å²) in [5.41, 5.74) is 1.32. The average Bonchev–Trinajstić information content (AvgIpc) is 3.21. The molecule has 1 aromatic carbocycles. The highest BCUT2D eigenvalue weighted by Gasteiger charge is 2.23. The molecule has 0 radical (unpaired) electrons. The molecule has 2 aliphatic rings. The highest BCUT2D eigenvalue weighted by Crippen LogP contribution is 2.36. The molecule has 0 aromatic heterocycles. The van der Waals surface area contributed by atoms with Crippen molar-refractivity contribution in [1.82, 2.24) is 0 Å². The Hall–Kier alpha value is -1.56. The maximum Gasteiger partial charge on any atom is -0.0224 e. The van der Waals surface area contributed by atoms with Crippen molar-refractivity contribution in [2.24, 2.45) is 23.7 Å². The van der Waals surface area contributed by atoms with Crippen LogP contribution >= 0.6 is 0 Å². The first-order valence-corrected chi connectivity index (χ1v) is 8.87. The number of hydrogen-bond acceptors (Lipinski definition) is 0. The van der Waals surface area contributed by atoms with Crippen LogP contribution in [0.5, 0.6) is 0 Å². The molecular formula is C22H28. The van der Waals surface area contributed by atoms with Gasteiger partial charge in [-0.15, -0.1) is 6.58 Å². The van der Waals surface area contributed by atoms with Gasteiger partial charge in [-0.25, -0.2) is 0 Å². The van der Waals surface area contributed by atoms with Gasteiger partial charge in [-0.05, 0) is 67.8 Å². The van der Waals surface area contributed by atoms with Crippen LogP contribution < -0.4 is 0 Å². The zero-order valence-corrected chi connectivity index (χ0v) is 13.5. The Labute approximate surface area is 135 Å². The molecule has 0 aliphatic heterocycles. The molecule has 4 atom stereocenters. The second-order valence-corrected chi connectivity index (χ2v) is 7.06. The monoisotopic (exact) mass is 292 g/mol. The number of hydrogen-bond donors (Lipinski definition) is 0. The van der Waals surface area contributed by atoms with Crippen LogP contribution in [0.4, 0.5) is 0 Å². The van der Waals surface area contributed by atoms with Crippen LogP contribution in [-0.4, -0.2) is 0 Å². The van der Waals surface area contributed by atoms with Crippen molar-refractivity contribution in [2.75, 3.05) is 0 Å². The van der Waals surface area contributed by atoms with Gasteiger partial charge in [-0.2, -0.15) is 0 Å². The molecule has 3 rings (SSSR count). The minimum absolute atomic E-state index is 0.763. The second-order valence-electron chi connectivity index (χ2n) is 7.06. The van der Waals surface area contributed by atoms with E-state index in [2.05, 4.69) is 67.3 Å². The third-order valence-corrected chi connectivity index (χ3v) is 5.38. The summed E-state index contributed by atoms with van der Waals surface area (Å²) in [6.07, 6.45) is 20.0. The second kappa shape index (κ2) is 7.63. The predicted molar refractivity (Wildman–Crippen MR) is 96.5 cm³/mol. The van der Waals surface area contributed by atoms with Crippen molar-refractivity contribution in [3.63, 3.8) is 0 Å². The van der Waals surface area contributed by atoms with Gasteiger partial charge in [0, 0.05) is 0 Å². The summed E-state index contributed by atoms with van der Waals surface area (Å²) in [5, 5.41) is 0. The van der Waals surface area contributed by atoms with Crippen molar-refractivity contribution in [2.45, 2.75) is 38.5 Å². The van der Waals surface area contributed by atoms with E-state index in [4.69, 9.17) is 0 Å². The van der Waals surface area contributed by atoms with E-state index in [-0.39, 0.29) is 0 Å². The largest absolute Gasteiger partial charge is 0.103 e. The molecule has 0 amide bonds. The van der Waals surface area contributed by atoms with Crippen molar-refractivity contribution in [3.8, 4) is 0 Å². The first-order chi connectivity index (χ1) is 10.8. The van der Waals surface area contributed by atoms with Gasteiger partial charge in [0.05, 0.1) is 0 Å². The quantitative estimate of drug-likeness (QED) is 0.561. The fourth-order valence-electron chi connectivity index (χ4n) is 3.97. The maximum absolute atomic E-state index is 3.94. The van der Waals surface area contributed by atoms with Crippen LogP contribution in [0.15, 0.2) is 61.2 Å². The molecule has 4 unspecified atom stereocenters. The van der Waals surface area contributed by atoms with Gasteiger partial charge in [-0.3, -0.25) is 0 Å². The summed E-state index contributed by atoms with van der Waals surface area (Å²) in [4.78, 5) is 0. The summed E-state index contributed by atoms with van der Waals surface area (Å²) in [7, 11) is 0. The lowest BCUT2D eigenvalue weighted by Crippen LogP contribution is -1.94. The number of rotatable bonds is 5. The topological polar surface area (TPSA) is 0 Å². The number of allylic oxidation sites excluding steroid dienone is 4. The van der Waals surface area contributed by atoms with Gasteiger partial charge in [0.2, 0.25) is 0 Å². The van der Waals surface area contributed by atoms with E-state index in [9.17, 15) is 0 Å². The van der Waals surface area contributed by atoms with Crippen LogP contribution in [0.3, 0.4) is 0 Å². The molecule has 116 valence electrons. The van der Waals surface area contributed by atoms with Gasteiger partial charge in [0.1, 0.15) is 0 Å². The van der Waals surface area contributed by atoms with Crippen molar-refractivity contribution < 1.29 is 0 Å². The van der Waals surface area contributed by atoms with Crippen molar-refractivity contribution >= 4 is 6.08 Å². The molecule has 0 heterocycles. The number of benzene rings is 1. The molecule has 2 saturated carbocycles. The lowest BCUT2D eigenvalue weighted by molar-refractivity contribution is 0.613. The average molecular weight is 292 g/mol. The molecular weight excluding hydrogens is 264 g/mol. The molecule has 2 fully saturated rings. The molecule has 0 spiro atoms. The SMILES string of the molecule is C=CC1CCC(/C=C/C2CCC(/C=C/c3ccccc3)C2)C1. The Bertz CT molecular complexity index is 522. The van der Waals surface area contributed by atoms with E-state index in [0.29, 0.717) is 0 Å². The van der Waals surface area contributed by atoms with Crippen LogP contribution in [0.2, 0.25) is 0 Å². The maximum atomic E-state index is 3.94. The van der Waals surface area contributed by atoms with Crippen molar-refractivity contribution in [1.29, 1.82) is 0 Å². The fraction of sp³-hybridized carbons (Fsp3) is 0.455. The minimum Gasteiger partial charge on any atom is -0.103 e. The first kappa shape index (κ1) is 15.3. The first-order valence-electron chi connectivity index (χ1n) is 8.87. The Morgan fingerprint density at radius 3 is 1.86 bits per heavy atom. The van der Waals surface area contributed by atoms with Crippen LogP contribution in [0.25, 0.3) is 6.08 Å². The minimum atomic E-state index is 0.763. The molecule has 0 heteroatoms. The smallest absolute Gasteiger partial charge is 0.0224 e. The summed E-state index contributed by atoms with van der Waals surface area (Å²) >= 11 is 0. The molecule has 0 N–H and O–H groups in total. The van der Waals surface area contributed by atoms with E-state index in [0.717, 1.165) is 23.7 Å². The molecule has 0 bridgehead atoms. The van der Waals surface area contributed by atoms with E-state index in [1.54, 1.807) is 0 Å². The van der Waals surface area contributed by atoms with Crippen LogP contribution in [0, 0.1) is 23.7 Å². The van der Waals surface area contributed by atoms with E-state index >= 15 is 0 Å². The predicted octanol–water partition coefficient (Wildman–Crippen LogP) is 6.27. The van der Waals surface area contributed by atoms with Gasteiger partial charge in [0.25, 0.3) is 0 Å². The Kier molecular flexibility index (Phi) is 5.32. The molecule has 1 aromatic rings. The zero-order chi connectivity index (χ0) is 15.2. The summed E-state index contributed by atoms with van der Waals surface area (Å²) < 4.78 is 0. The molecule has 0 saturated heterocycles. The Morgan fingerprint density at radius 2 is 1.27 bits per heavy atom. The zero-order valence-electron chi connectivity index (χ0n) is 13.5. The fourth-order valence-corrected chi connectivity index (χ4v) is 3.97. The van der Waals surface area contributed by atoms with Crippen molar-refractivity contribution in [3.05, 3.63) is 66.8 Å². The van der Waals surface area contributed by atoms with E-state index in [1.165, 1.54) is 44.1 Å². The molecule has 0 nitrogen and oxygen atoms in total. The summed E-state index contributed by atoms with van der Waals surface area (Å²) in [5.74, 6) is 3.13. The van der Waals surface area contributed by atoms with Gasteiger partial charge in [0.15, 0.2) is 0 Å². The van der Waals surface area contributed by atoms with Crippen LogP contribution in [0.1, 0.15) is 44.1 Å². The highest BCUT2D eigenvalue weighted by molar-refractivity contribution is 5.49. The third kappa shape index (κ3) is 4.22. The van der Waals surface area contributed by atoms with Gasteiger partial charge in [-0.1, -0.05) is 60.7 Å². The molecule has 2 aliphatic carbocycles. The Morgan fingerprint density at radius 1 is 0.727 bits per heavy atom. The lowest BCUT2D eigenvalue weighted by atomic mass is 9.99. The summed E-state index contributed by atoms with van der Waals surface area (Å²) in [6, 6.07) is 10.7. The van der Waals surface area contributed by atoms with Gasteiger partial charge < -0.3 is 0 Å². The molecule has 22 heavy (non-hydrogen) atoms. The highest BCUT2D eigenvalue weighted by atomic mass is 14.3. The Balaban J connectivity index is 1.46. The van der Waals surface area contributed by atoms with E-state index in [1.807, 2.05) is 0 Å². The van der Waals surface area contributed by atoms with Gasteiger partial charge >= 0.3 is 0 Å². The summed E-state index contributed by atoms with van der Waals surface area (Å²) in [6.45, 7) is 3.94. The standard InChI is InChI=1S/C22H28/c1-2-18-8-10-20(16-18)12-13-22-15-14-21(17-22)11-9-19-6-4-3-5-7-19/h2-7,9,11-13,18,20-22H,1,8,10,14-17H2/b11-9+,13-12+. The van der Waals surface area contributed by atoms with E-state index < -0.39 is 0 Å². The third-order valence-electron chi connectivity index (χ3n) is 5.38. The van der Waals surface area contributed by atoms with Crippen LogP contribution in [-0.2, 0) is 0 Å². The normalized spacial score (nSPS) is 32.2. The lowest BCUT2D eigenvalue weighted by Gasteiger charge is -2.06.